The molecule has 1 aliphatic rings. The zero-order valence-electron chi connectivity index (χ0n) is 10.5. The molecule has 1 aliphatic carbocycles. The third kappa shape index (κ3) is 2.98. The van der Waals surface area contributed by atoms with E-state index >= 15 is 0 Å². The van der Waals surface area contributed by atoms with Crippen LogP contribution in [0.4, 0.5) is 11.5 Å². The van der Waals surface area contributed by atoms with E-state index in [0.29, 0.717) is 17.8 Å². The monoisotopic (exact) mass is 265 g/mol. The Labute approximate surface area is 109 Å². The maximum Gasteiger partial charge on any atom is 0.342 e. The first-order valence-electron chi connectivity index (χ1n) is 6.17. The summed E-state index contributed by atoms with van der Waals surface area (Å²) < 4.78 is 0. The van der Waals surface area contributed by atoms with Crippen molar-refractivity contribution < 1.29 is 14.8 Å². The number of carboxylic acids is 1. The van der Waals surface area contributed by atoms with Crippen molar-refractivity contribution in [2.24, 2.45) is 5.92 Å². The Morgan fingerprint density at radius 1 is 1.68 bits per heavy atom. The standard InChI is InChI=1S/C12H15N3O4/c1-2-3-7-4-9(7)14-11-5-8(12(16)17)10(6-13-11)15(18)19/h5-7,9H,2-4H2,1H3,(H,13,14)(H,16,17). The minimum Gasteiger partial charge on any atom is -0.477 e. The first-order chi connectivity index (χ1) is 9.02. The molecule has 1 heterocycles. The average Bonchev–Trinajstić information content (AvgIpc) is 3.07. The number of nitrogens with zero attached hydrogens (tertiary/aromatic N) is 2. The van der Waals surface area contributed by atoms with Gasteiger partial charge in [0, 0.05) is 12.1 Å². The minimum atomic E-state index is -1.32. The Bertz CT molecular complexity index is 518. The molecule has 0 saturated heterocycles. The molecule has 1 aromatic rings. The molecule has 1 fully saturated rings. The van der Waals surface area contributed by atoms with E-state index in [4.69, 9.17) is 5.11 Å². The number of carboxylic acid groups (broad SMARTS) is 1. The fraction of sp³-hybridized carbons (Fsp3) is 0.500. The molecule has 0 bridgehead atoms. The van der Waals surface area contributed by atoms with E-state index in [2.05, 4.69) is 17.2 Å². The fourth-order valence-corrected chi connectivity index (χ4v) is 2.15. The maximum absolute atomic E-state index is 11.0. The molecule has 2 unspecified atom stereocenters. The normalized spacial score (nSPS) is 20.9. The second-order valence-electron chi connectivity index (χ2n) is 4.68. The van der Waals surface area contributed by atoms with Crippen LogP contribution in [0.25, 0.3) is 0 Å². The number of carbonyl (C=O) groups is 1. The summed E-state index contributed by atoms with van der Waals surface area (Å²) in [4.78, 5) is 24.8. The van der Waals surface area contributed by atoms with E-state index in [-0.39, 0.29) is 5.56 Å². The van der Waals surface area contributed by atoms with Gasteiger partial charge in [-0.15, -0.1) is 0 Å². The molecule has 2 rings (SSSR count). The summed E-state index contributed by atoms with van der Waals surface area (Å²) >= 11 is 0. The number of nitro groups is 1. The molecule has 0 amide bonds. The van der Waals surface area contributed by atoms with Crippen molar-refractivity contribution in [1.82, 2.24) is 4.98 Å². The van der Waals surface area contributed by atoms with E-state index in [9.17, 15) is 14.9 Å². The predicted molar refractivity (Wildman–Crippen MR) is 68.3 cm³/mol. The number of nitrogens with one attached hydrogen (secondary N) is 1. The molecule has 0 spiro atoms. The van der Waals surface area contributed by atoms with E-state index < -0.39 is 16.6 Å². The summed E-state index contributed by atoms with van der Waals surface area (Å²) in [6.45, 7) is 2.11. The van der Waals surface area contributed by atoms with Crippen molar-refractivity contribution in [3.8, 4) is 0 Å². The van der Waals surface area contributed by atoms with Gasteiger partial charge in [-0.3, -0.25) is 10.1 Å². The third-order valence-corrected chi connectivity index (χ3v) is 3.23. The first kappa shape index (κ1) is 13.3. The lowest BCUT2D eigenvalue weighted by molar-refractivity contribution is -0.385. The number of rotatable bonds is 6. The summed E-state index contributed by atoms with van der Waals surface area (Å²) in [5.74, 6) is -0.347. The molecule has 19 heavy (non-hydrogen) atoms. The van der Waals surface area contributed by atoms with Gasteiger partial charge in [0.15, 0.2) is 0 Å². The van der Waals surface area contributed by atoms with Gasteiger partial charge < -0.3 is 10.4 Å². The molecule has 0 radical (unpaired) electrons. The quantitative estimate of drug-likeness (QED) is 0.603. The molecule has 1 aromatic heterocycles. The second-order valence-corrected chi connectivity index (χ2v) is 4.68. The molecule has 7 heteroatoms. The van der Waals surface area contributed by atoms with Crippen molar-refractivity contribution in [2.75, 3.05) is 5.32 Å². The number of anilines is 1. The fourth-order valence-electron chi connectivity index (χ4n) is 2.15. The zero-order valence-corrected chi connectivity index (χ0v) is 10.5. The van der Waals surface area contributed by atoms with Gasteiger partial charge in [0.1, 0.15) is 17.6 Å². The molecule has 0 aliphatic heterocycles. The Morgan fingerprint density at radius 2 is 2.42 bits per heavy atom. The molecule has 2 atom stereocenters. The van der Waals surface area contributed by atoms with Crippen LogP contribution in [0.1, 0.15) is 36.5 Å². The predicted octanol–water partition coefficient (Wildman–Crippen LogP) is 2.29. The summed E-state index contributed by atoms with van der Waals surface area (Å²) in [5, 5.41) is 22.8. The lowest BCUT2D eigenvalue weighted by atomic mass is 10.2. The molecule has 102 valence electrons. The van der Waals surface area contributed by atoms with Crippen LogP contribution >= 0.6 is 0 Å². The lowest BCUT2D eigenvalue weighted by Gasteiger charge is -2.06. The van der Waals surface area contributed by atoms with Gasteiger partial charge in [-0.25, -0.2) is 9.78 Å². The van der Waals surface area contributed by atoms with Crippen molar-refractivity contribution >= 4 is 17.5 Å². The first-order valence-corrected chi connectivity index (χ1v) is 6.17. The molecular formula is C12H15N3O4. The highest BCUT2D eigenvalue weighted by molar-refractivity contribution is 5.93. The van der Waals surface area contributed by atoms with E-state index in [1.54, 1.807) is 0 Å². The van der Waals surface area contributed by atoms with Crippen LogP contribution in [0.3, 0.4) is 0 Å². The number of aromatic carboxylic acids is 1. The summed E-state index contributed by atoms with van der Waals surface area (Å²) in [7, 11) is 0. The number of pyridine rings is 1. The van der Waals surface area contributed by atoms with Crippen LogP contribution in [0.15, 0.2) is 12.3 Å². The largest absolute Gasteiger partial charge is 0.477 e. The zero-order chi connectivity index (χ0) is 14.0. The topological polar surface area (TPSA) is 105 Å². The molecule has 2 N–H and O–H groups in total. The van der Waals surface area contributed by atoms with E-state index in [1.807, 2.05) is 0 Å². The third-order valence-electron chi connectivity index (χ3n) is 3.23. The molecule has 7 nitrogen and oxygen atoms in total. The van der Waals surface area contributed by atoms with Crippen LogP contribution in [0, 0.1) is 16.0 Å². The minimum absolute atomic E-state index is 0.301. The van der Waals surface area contributed by atoms with Crippen LogP contribution < -0.4 is 5.32 Å². The van der Waals surface area contributed by atoms with Gasteiger partial charge in [-0.2, -0.15) is 0 Å². The highest BCUT2D eigenvalue weighted by Crippen LogP contribution is 2.37. The second kappa shape index (κ2) is 5.21. The summed E-state index contributed by atoms with van der Waals surface area (Å²) in [6.07, 6.45) is 4.26. The van der Waals surface area contributed by atoms with E-state index in [0.717, 1.165) is 25.5 Å². The molecule has 0 aromatic carbocycles. The number of hydrogen-bond acceptors (Lipinski definition) is 5. The summed E-state index contributed by atoms with van der Waals surface area (Å²) in [6, 6.07) is 1.53. The van der Waals surface area contributed by atoms with Crippen molar-refractivity contribution in [2.45, 2.75) is 32.2 Å². The van der Waals surface area contributed by atoms with E-state index in [1.165, 1.54) is 6.07 Å². The Kier molecular flexibility index (Phi) is 3.64. The Morgan fingerprint density at radius 3 is 3.00 bits per heavy atom. The lowest BCUT2D eigenvalue weighted by Crippen LogP contribution is -2.09. The number of aromatic nitrogens is 1. The Balaban J connectivity index is 2.13. The van der Waals surface area contributed by atoms with Gasteiger partial charge in [-0.05, 0) is 18.8 Å². The van der Waals surface area contributed by atoms with Gasteiger partial charge >= 0.3 is 11.7 Å². The van der Waals surface area contributed by atoms with Gasteiger partial charge in [-0.1, -0.05) is 13.3 Å². The highest BCUT2D eigenvalue weighted by atomic mass is 16.6. The molecular weight excluding hydrogens is 250 g/mol. The molecule has 1 saturated carbocycles. The maximum atomic E-state index is 11.0. The van der Waals surface area contributed by atoms with Crippen LogP contribution in [0.5, 0.6) is 0 Å². The Hall–Kier alpha value is -2.18. The van der Waals surface area contributed by atoms with Gasteiger partial charge in [0.25, 0.3) is 0 Å². The van der Waals surface area contributed by atoms with Gasteiger partial charge in [0.05, 0.1) is 4.92 Å². The smallest absolute Gasteiger partial charge is 0.342 e. The van der Waals surface area contributed by atoms with Crippen molar-refractivity contribution in [3.63, 3.8) is 0 Å². The van der Waals surface area contributed by atoms with Crippen molar-refractivity contribution in [3.05, 3.63) is 27.9 Å². The number of hydrogen-bond donors (Lipinski definition) is 2. The summed E-state index contributed by atoms with van der Waals surface area (Å²) in [5.41, 5.74) is -0.825. The average molecular weight is 265 g/mol. The SMILES string of the molecule is CCCC1CC1Nc1cc(C(=O)O)c([N+](=O)[O-])cn1. The van der Waals surface area contributed by atoms with Crippen molar-refractivity contribution in [1.29, 1.82) is 0 Å². The van der Waals surface area contributed by atoms with Gasteiger partial charge in [0.2, 0.25) is 0 Å². The van der Waals surface area contributed by atoms with Crippen LogP contribution in [-0.4, -0.2) is 27.0 Å². The van der Waals surface area contributed by atoms with Crippen LogP contribution in [-0.2, 0) is 0 Å². The van der Waals surface area contributed by atoms with Crippen LogP contribution in [0.2, 0.25) is 0 Å². The highest BCUT2D eigenvalue weighted by Gasteiger charge is 2.36.